The molecule has 0 amide bonds. The summed E-state index contributed by atoms with van der Waals surface area (Å²) in [5.41, 5.74) is 1.94. The lowest BCUT2D eigenvalue weighted by molar-refractivity contribution is 0.0520. The first-order valence-electron chi connectivity index (χ1n) is 10.9. The van der Waals surface area contributed by atoms with Gasteiger partial charge in [-0.05, 0) is 44.5 Å². The Hall–Kier alpha value is -2.46. The summed E-state index contributed by atoms with van der Waals surface area (Å²) in [6.07, 6.45) is 0.550. The van der Waals surface area contributed by atoms with E-state index in [9.17, 15) is 13.2 Å². The largest absolute Gasteiger partial charge is 0.461 e. The van der Waals surface area contributed by atoms with Crippen LogP contribution in [0.2, 0.25) is 10.0 Å². The van der Waals surface area contributed by atoms with Crippen molar-refractivity contribution in [1.29, 1.82) is 0 Å². The first-order valence-corrected chi connectivity index (χ1v) is 13.1. The predicted molar refractivity (Wildman–Crippen MR) is 132 cm³/mol. The lowest BCUT2D eigenvalue weighted by Crippen LogP contribution is -2.36. The number of nitrogens with zero attached hydrogens (tertiary/aromatic N) is 4. The number of hydrogen-bond donors (Lipinski definition) is 0. The molecular formula is C23H24Cl2N4O4S. The molecule has 0 unspecified atom stereocenters. The average Bonchev–Trinajstić information content (AvgIpc) is 3.06. The zero-order valence-electron chi connectivity index (χ0n) is 18.8. The molecule has 1 saturated heterocycles. The molecule has 180 valence electrons. The maximum Gasteiger partial charge on any atom is 0.360 e. The number of esters is 1. The number of benzene rings is 2. The third-order valence-electron chi connectivity index (χ3n) is 5.57. The molecular weight excluding hydrogens is 499 g/mol. The number of carbonyl (C=O) groups is 1. The summed E-state index contributed by atoms with van der Waals surface area (Å²) in [4.78, 5) is 24.0. The minimum absolute atomic E-state index is 0.0579. The van der Waals surface area contributed by atoms with Gasteiger partial charge in [0.1, 0.15) is 0 Å². The molecule has 0 aliphatic carbocycles. The van der Waals surface area contributed by atoms with Gasteiger partial charge in [0.2, 0.25) is 10.0 Å². The van der Waals surface area contributed by atoms with Crippen molar-refractivity contribution in [2.45, 2.75) is 25.2 Å². The predicted octanol–water partition coefficient (Wildman–Crippen LogP) is 4.32. The summed E-state index contributed by atoms with van der Waals surface area (Å²) in [7, 11) is -3.64. The third-order valence-corrected chi connectivity index (χ3v) is 8.20. The molecule has 0 atom stereocenters. The second kappa shape index (κ2) is 10.0. The molecule has 0 N–H and O–H groups in total. The standard InChI is InChI=1S/C23H24Cl2N4O4S/c1-3-33-23(30)21-22(27-20-14-18(25)17(24)13-19(20)26-21)28-9-4-10-29(12-11-28)34(31,32)16-7-5-15(2)6-8-16/h5-8,13-14H,3-4,9-12H2,1-2H3. The quantitative estimate of drug-likeness (QED) is 0.460. The SMILES string of the molecule is CCOC(=O)c1nc2cc(Cl)c(Cl)cc2nc1N1CCCN(S(=O)(=O)c2ccc(C)cc2)CC1. The Morgan fingerprint density at radius 2 is 1.65 bits per heavy atom. The van der Waals surface area contributed by atoms with Crippen molar-refractivity contribution in [2.75, 3.05) is 37.7 Å². The molecule has 0 bridgehead atoms. The first kappa shape index (κ1) is 24.7. The first-order chi connectivity index (χ1) is 16.2. The van der Waals surface area contributed by atoms with Crippen LogP contribution < -0.4 is 4.90 Å². The minimum Gasteiger partial charge on any atom is -0.461 e. The smallest absolute Gasteiger partial charge is 0.360 e. The van der Waals surface area contributed by atoms with E-state index < -0.39 is 16.0 Å². The fourth-order valence-electron chi connectivity index (χ4n) is 3.80. The van der Waals surface area contributed by atoms with Crippen LogP contribution in [-0.2, 0) is 14.8 Å². The monoisotopic (exact) mass is 522 g/mol. The Morgan fingerprint density at radius 1 is 1.00 bits per heavy atom. The second-order valence-electron chi connectivity index (χ2n) is 7.93. The van der Waals surface area contributed by atoms with Crippen LogP contribution in [0.4, 0.5) is 5.82 Å². The number of rotatable bonds is 5. The van der Waals surface area contributed by atoms with Gasteiger partial charge in [-0.3, -0.25) is 0 Å². The van der Waals surface area contributed by atoms with Gasteiger partial charge >= 0.3 is 5.97 Å². The number of fused-ring (bicyclic) bond motifs is 1. The highest BCUT2D eigenvalue weighted by molar-refractivity contribution is 7.89. The molecule has 8 nitrogen and oxygen atoms in total. The van der Waals surface area contributed by atoms with E-state index in [1.807, 2.05) is 11.8 Å². The number of aryl methyl sites for hydroxylation is 1. The Balaban J connectivity index is 1.67. The summed E-state index contributed by atoms with van der Waals surface area (Å²) in [5.74, 6) is -0.273. The van der Waals surface area contributed by atoms with Gasteiger partial charge in [0, 0.05) is 26.2 Å². The lowest BCUT2D eigenvalue weighted by Gasteiger charge is -2.24. The van der Waals surface area contributed by atoms with E-state index in [1.165, 1.54) is 4.31 Å². The van der Waals surface area contributed by atoms with Gasteiger partial charge in [-0.15, -0.1) is 0 Å². The summed E-state index contributed by atoms with van der Waals surface area (Å²) >= 11 is 12.3. The van der Waals surface area contributed by atoms with Gasteiger partial charge in [-0.1, -0.05) is 40.9 Å². The lowest BCUT2D eigenvalue weighted by atomic mass is 10.2. The van der Waals surface area contributed by atoms with Crippen LogP contribution in [-0.4, -0.2) is 61.4 Å². The molecule has 1 aromatic heterocycles. The van der Waals surface area contributed by atoms with Crippen molar-refractivity contribution < 1.29 is 17.9 Å². The Morgan fingerprint density at radius 3 is 2.29 bits per heavy atom. The number of sulfonamides is 1. The summed E-state index contributed by atoms with van der Waals surface area (Å²) in [6, 6.07) is 9.95. The fraction of sp³-hybridized carbons (Fsp3) is 0.348. The van der Waals surface area contributed by atoms with Crippen LogP contribution in [0.1, 0.15) is 29.4 Å². The summed E-state index contributed by atoms with van der Waals surface area (Å²) in [6.45, 7) is 5.22. The molecule has 0 radical (unpaired) electrons. The second-order valence-corrected chi connectivity index (χ2v) is 10.7. The molecule has 0 spiro atoms. The van der Waals surface area contributed by atoms with E-state index in [0.717, 1.165) is 5.56 Å². The van der Waals surface area contributed by atoms with Crippen LogP contribution in [0.15, 0.2) is 41.3 Å². The Kier molecular flexibility index (Phi) is 7.28. The van der Waals surface area contributed by atoms with Crippen molar-refractivity contribution in [1.82, 2.24) is 14.3 Å². The zero-order valence-corrected chi connectivity index (χ0v) is 21.1. The number of carbonyl (C=O) groups excluding carboxylic acids is 1. The van der Waals surface area contributed by atoms with Crippen LogP contribution >= 0.6 is 23.2 Å². The minimum atomic E-state index is -3.64. The molecule has 1 aliphatic heterocycles. The molecule has 0 saturated carbocycles. The molecule has 1 aliphatic rings. The Bertz CT molecular complexity index is 1330. The summed E-state index contributed by atoms with van der Waals surface area (Å²) < 4.78 is 33.0. The van der Waals surface area contributed by atoms with E-state index in [1.54, 1.807) is 43.3 Å². The highest BCUT2D eigenvalue weighted by Gasteiger charge is 2.29. The summed E-state index contributed by atoms with van der Waals surface area (Å²) in [5, 5.41) is 0.627. The average molecular weight is 523 g/mol. The normalized spacial score (nSPS) is 15.4. The zero-order chi connectivity index (χ0) is 24.5. The van der Waals surface area contributed by atoms with Crippen LogP contribution in [0.3, 0.4) is 0 Å². The molecule has 4 rings (SSSR count). The molecule has 34 heavy (non-hydrogen) atoms. The topological polar surface area (TPSA) is 92.7 Å². The van der Waals surface area contributed by atoms with Gasteiger partial charge < -0.3 is 9.64 Å². The van der Waals surface area contributed by atoms with Crippen LogP contribution in [0, 0.1) is 6.92 Å². The van der Waals surface area contributed by atoms with Crippen molar-refractivity contribution in [3.8, 4) is 0 Å². The van der Waals surface area contributed by atoms with Gasteiger partial charge in [0.05, 0.1) is 32.6 Å². The van der Waals surface area contributed by atoms with Gasteiger partial charge in [-0.2, -0.15) is 4.31 Å². The highest BCUT2D eigenvalue weighted by Crippen LogP contribution is 2.30. The maximum atomic E-state index is 13.2. The molecule has 11 heteroatoms. The van der Waals surface area contributed by atoms with Crippen molar-refractivity contribution >= 4 is 56.0 Å². The molecule has 1 fully saturated rings. The van der Waals surface area contributed by atoms with Crippen LogP contribution in [0.5, 0.6) is 0 Å². The van der Waals surface area contributed by atoms with Crippen molar-refractivity contribution in [3.63, 3.8) is 0 Å². The Labute approximate surface area is 208 Å². The van der Waals surface area contributed by atoms with Gasteiger partial charge in [-0.25, -0.2) is 23.2 Å². The third kappa shape index (κ3) is 4.98. The number of hydrogen-bond acceptors (Lipinski definition) is 7. The number of halogens is 2. The molecule has 2 aromatic carbocycles. The number of anilines is 1. The van der Waals surface area contributed by atoms with E-state index in [-0.39, 0.29) is 23.7 Å². The van der Waals surface area contributed by atoms with Gasteiger partial charge in [0.25, 0.3) is 0 Å². The molecule has 2 heterocycles. The van der Waals surface area contributed by atoms with Crippen LogP contribution in [0.25, 0.3) is 11.0 Å². The van der Waals surface area contributed by atoms with E-state index in [4.69, 9.17) is 27.9 Å². The molecule has 3 aromatic rings. The van der Waals surface area contributed by atoms with Gasteiger partial charge in [0.15, 0.2) is 11.5 Å². The van der Waals surface area contributed by atoms with Crippen molar-refractivity contribution in [2.24, 2.45) is 0 Å². The fourth-order valence-corrected chi connectivity index (χ4v) is 5.59. The van der Waals surface area contributed by atoms with E-state index >= 15 is 0 Å². The number of aromatic nitrogens is 2. The highest BCUT2D eigenvalue weighted by atomic mass is 35.5. The van der Waals surface area contributed by atoms with E-state index in [2.05, 4.69) is 9.97 Å². The van der Waals surface area contributed by atoms with Crippen molar-refractivity contribution in [3.05, 3.63) is 57.7 Å². The van der Waals surface area contributed by atoms with E-state index in [0.29, 0.717) is 53.0 Å². The number of ether oxygens (including phenoxy) is 1. The maximum absolute atomic E-state index is 13.2.